The SMILES string of the molecule is C[C@@H](CN(C)C(=O)/C=C\c1ccc2c(c1)OCO2)C(=O)O. The second kappa shape index (κ2) is 6.30. The number of likely N-dealkylation sites (N-methyl/N-ethyl adjacent to an activating group) is 1. The minimum absolute atomic E-state index is 0.166. The molecule has 6 heteroatoms. The van der Waals surface area contributed by atoms with Crippen LogP contribution in [0.3, 0.4) is 0 Å². The molecule has 0 spiro atoms. The fourth-order valence-electron chi connectivity index (χ4n) is 1.89. The van der Waals surface area contributed by atoms with E-state index in [1.807, 2.05) is 6.07 Å². The molecular weight excluding hydrogens is 274 g/mol. The second-order valence-electron chi connectivity index (χ2n) is 4.90. The van der Waals surface area contributed by atoms with Gasteiger partial charge in [-0.3, -0.25) is 9.59 Å². The van der Waals surface area contributed by atoms with E-state index in [1.165, 1.54) is 11.0 Å². The Labute approximate surface area is 122 Å². The number of hydrogen-bond donors (Lipinski definition) is 1. The van der Waals surface area contributed by atoms with Gasteiger partial charge in [-0.05, 0) is 23.8 Å². The maximum atomic E-state index is 11.9. The van der Waals surface area contributed by atoms with Gasteiger partial charge in [-0.15, -0.1) is 0 Å². The lowest BCUT2D eigenvalue weighted by atomic mass is 10.1. The summed E-state index contributed by atoms with van der Waals surface area (Å²) in [4.78, 5) is 24.0. The van der Waals surface area contributed by atoms with Crippen LogP contribution >= 0.6 is 0 Å². The van der Waals surface area contributed by atoms with Crippen molar-refractivity contribution in [3.8, 4) is 11.5 Å². The van der Waals surface area contributed by atoms with Crippen molar-refractivity contribution < 1.29 is 24.2 Å². The lowest BCUT2D eigenvalue weighted by Gasteiger charge is -2.17. The number of nitrogens with zero attached hydrogens (tertiary/aromatic N) is 1. The third kappa shape index (κ3) is 3.75. The molecule has 0 fully saturated rings. The summed E-state index contributed by atoms with van der Waals surface area (Å²) in [5.41, 5.74) is 0.812. The number of rotatable bonds is 5. The Kier molecular flexibility index (Phi) is 4.47. The Morgan fingerprint density at radius 2 is 2.10 bits per heavy atom. The number of carboxylic acid groups (broad SMARTS) is 1. The van der Waals surface area contributed by atoms with E-state index in [9.17, 15) is 9.59 Å². The molecule has 1 amide bonds. The molecule has 21 heavy (non-hydrogen) atoms. The van der Waals surface area contributed by atoms with Crippen LogP contribution in [0.15, 0.2) is 24.3 Å². The van der Waals surface area contributed by atoms with Gasteiger partial charge in [-0.2, -0.15) is 0 Å². The first-order valence-corrected chi connectivity index (χ1v) is 6.53. The standard InChI is InChI=1S/C15H17NO5/c1-10(15(18)19)8-16(2)14(17)6-4-11-3-5-12-13(7-11)21-9-20-12/h3-7,10H,8-9H2,1-2H3,(H,18,19)/b6-4-/t10-/m0/s1. The van der Waals surface area contributed by atoms with Gasteiger partial charge in [-0.1, -0.05) is 13.0 Å². The number of benzene rings is 1. The van der Waals surface area contributed by atoms with Crippen molar-refractivity contribution in [1.82, 2.24) is 4.90 Å². The van der Waals surface area contributed by atoms with Crippen LogP contribution < -0.4 is 9.47 Å². The average molecular weight is 291 g/mol. The molecular formula is C15H17NO5. The number of aliphatic carboxylic acids is 1. The van der Waals surface area contributed by atoms with E-state index < -0.39 is 11.9 Å². The molecule has 1 aliphatic heterocycles. The molecule has 0 unspecified atom stereocenters. The molecule has 1 aromatic carbocycles. The molecule has 0 bridgehead atoms. The van der Waals surface area contributed by atoms with Crippen LogP contribution in [0.4, 0.5) is 0 Å². The fourth-order valence-corrected chi connectivity index (χ4v) is 1.89. The summed E-state index contributed by atoms with van der Waals surface area (Å²) in [5.74, 6) is -0.434. The first kappa shape index (κ1) is 14.9. The van der Waals surface area contributed by atoms with Crippen LogP contribution in [0, 0.1) is 5.92 Å². The normalized spacial score (nSPS) is 14.2. The van der Waals surface area contributed by atoms with E-state index in [4.69, 9.17) is 14.6 Å². The number of carbonyl (C=O) groups is 2. The van der Waals surface area contributed by atoms with Gasteiger partial charge in [-0.25, -0.2) is 0 Å². The molecule has 1 N–H and O–H groups in total. The summed E-state index contributed by atoms with van der Waals surface area (Å²) in [5, 5.41) is 8.83. The summed E-state index contributed by atoms with van der Waals surface area (Å²) >= 11 is 0. The predicted octanol–water partition coefficient (Wildman–Crippen LogP) is 1.61. The van der Waals surface area contributed by atoms with E-state index in [1.54, 1.807) is 32.2 Å². The van der Waals surface area contributed by atoms with Crippen LogP contribution in [0.5, 0.6) is 11.5 Å². The number of carbonyl (C=O) groups excluding carboxylic acids is 1. The van der Waals surface area contributed by atoms with Crippen molar-refractivity contribution in [2.45, 2.75) is 6.92 Å². The minimum atomic E-state index is -0.922. The maximum absolute atomic E-state index is 11.9. The van der Waals surface area contributed by atoms with E-state index in [0.29, 0.717) is 11.5 Å². The fraction of sp³-hybridized carbons (Fsp3) is 0.333. The topological polar surface area (TPSA) is 76.1 Å². The molecule has 1 aromatic rings. The molecule has 0 saturated heterocycles. The highest BCUT2D eigenvalue weighted by Crippen LogP contribution is 2.32. The molecule has 1 atom stereocenters. The largest absolute Gasteiger partial charge is 0.481 e. The van der Waals surface area contributed by atoms with E-state index in [-0.39, 0.29) is 19.2 Å². The van der Waals surface area contributed by atoms with Gasteiger partial charge in [0.05, 0.1) is 5.92 Å². The number of carboxylic acids is 1. The number of hydrogen-bond acceptors (Lipinski definition) is 4. The van der Waals surface area contributed by atoms with Crippen molar-refractivity contribution in [2.24, 2.45) is 5.92 Å². The Balaban J connectivity index is 1.97. The van der Waals surface area contributed by atoms with Crippen LogP contribution in [-0.4, -0.2) is 42.3 Å². The molecule has 1 heterocycles. The molecule has 1 aliphatic rings. The van der Waals surface area contributed by atoms with Crippen molar-refractivity contribution in [1.29, 1.82) is 0 Å². The summed E-state index contributed by atoms with van der Waals surface area (Å²) in [7, 11) is 1.58. The third-order valence-electron chi connectivity index (χ3n) is 3.16. The highest BCUT2D eigenvalue weighted by molar-refractivity contribution is 5.92. The number of fused-ring (bicyclic) bond motifs is 1. The Hall–Kier alpha value is -2.50. The molecule has 0 aliphatic carbocycles. The van der Waals surface area contributed by atoms with Gasteiger partial charge in [0, 0.05) is 19.7 Å². The van der Waals surface area contributed by atoms with Crippen molar-refractivity contribution in [3.05, 3.63) is 29.8 Å². The smallest absolute Gasteiger partial charge is 0.308 e. The molecule has 2 rings (SSSR count). The van der Waals surface area contributed by atoms with Crippen molar-refractivity contribution in [2.75, 3.05) is 20.4 Å². The molecule has 0 saturated carbocycles. The first-order chi connectivity index (χ1) is 9.97. The third-order valence-corrected chi connectivity index (χ3v) is 3.16. The first-order valence-electron chi connectivity index (χ1n) is 6.53. The zero-order valence-electron chi connectivity index (χ0n) is 11.9. The zero-order chi connectivity index (χ0) is 15.4. The number of amides is 1. The van der Waals surface area contributed by atoms with Crippen molar-refractivity contribution >= 4 is 18.0 Å². The summed E-state index contributed by atoms with van der Waals surface area (Å²) in [6.45, 7) is 1.94. The molecule has 112 valence electrons. The van der Waals surface area contributed by atoms with Gasteiger partial charge in [0.1, 0.15) is 0 Å². The predicted molar refractivity (Wildman–Crippen MR) is 76.0 cm³/mol. The van der Waals surface area contributed by atoms with Crippen molar-refractivity contribution in [3.63, 3.8) is 0 Å². The second-order valence-corrected chi connectivity index (χ2v) is 4.90. The Morgan fingerprint density at radius 1 is 1.38 bits per heavy atom. The lowest BCUT2D eigenvalue weighted by molar-refractivity contribution is -0.142. The van der Waals surface area contributed by atoms with Gasteiger partial charge < -0.3 is 19.5 Å². The van der Waals surface area contributed by atoms with Gasteiger partial charge in [0.2, 0.25) is 12.7 Å². The quantitative estimate of drug-likeness (QED) is 0.834. The monoisotopic (exact) mass is 291 g/mol. The average Bonchev–Trinajstić information content (AvgIpc) is 2.91. The molecule has 0 aromatic heterocycles. The Morgan fingerprint density at radius 3 is 2.81 bits per heavy atom. The van der Waals surface area contributed by atoms with Gasteiger partial charge >= 0.3 is 5.97 Å². The maximum Gasteiger partial charge on any atom is 0.308 e. The minimum Gasteiger partial charge on any atom is -0.481 e. The van der Waals surface area contributed by atoms with E-state index in [0.717, 1.165) is 5.56 Å². The highest BCUT2D eigenvalue weighted by atomic mass is 16.7. The Bertz CT molecular complexity index is 581. The van der Waals surface area contributed by atoms with Crippen LogP contribution in [0.25, 0.3) is 6.08 Å². The van der Waals surface area contributed by atoms with Crippen LogP contribution in [0.2, 0.25) is 0 Å². The summed E-state index contributed by atoms with van der Waals surface area (Å²) in [6.07, 6.45) is 3.07. The number of ether oxygens (including phenoxy) is 2. The van der Waals surface area contributed by atoms with E-state index in [2.05, 4.69) is 0 Å². The van der Waals surface area contributed by atoms with Crippen LogP contribution in [-0.2, 0) is 9.59 Å². The summed E-state index contributed by atoms with van der Waals surface area (Å²) < 4.78 is 10.5. The highest BCUT2D eigenvalue weighted by Gasteiger charge is 2.16. The zero-order valence-corrected chi connectivity index (χ0v) is 11.9. The lowest BCUT2D eigenvalue weighted by Crippen LogP contribution is -2.32. The van der Waals surface area contributed by atoms with Gasteiger partial charge in [0.25, 0.3) is 0 Å². The molecule has 0 radical (unpaired) electrons. The van der Waals surface area contributed by atoms with E-state index >= 15 is 0 Å². The van der Waals surface area contributed by atoms with Crippen LogP contribution in [0.1, 0.15) is 12.5 Å². The van der Waals surface area contributed by atoms with Gasteiger partial charge in [0.15, 0.2) is 11.5 Å². The molecule has 6 nitrogen and oxygen atoms in total. The summed E-state index contributed by atoms with van der Waals surface area (Å²) in [6, 6.07) is 5.38.